The standard InChI is InChI=1S/C24H22N4O4/c1-30-18-8-6-7-17(13-18)24(29)26-23-15-19(27-28(23)22-9-4-5-12-25-22)16-10-11-20(31-2)21(14-16)32-3/h4-15H,1-3H3,(H,26,29). The molecule has 0 fully saturated rings. The van der Waals surface area contributed by atoms with Crippen molar-refractivity contribution in [3.63, 3.8) is 0 Å². The van der Waals surface area contributed by atoms with E-state index in [2.05, 4.69) is 15.4 Å². The van der Waals surface area contributed by atoms with Gasteiger partial charge in [0.2, 0.25) is 0 Å². The lowest BCUT2D eigenvalue weighted by Gasteiger charge is -2.09. The van der Waals surface area contributed by atoms with Crippen molar-refractivity contribution in [3.05, 3.63) is 78.5 Å². The zero-order valence-electron chi connectivity index (χ0n) is 17.9. The van der Waals surface area contributed by atoms with E-state index in [0.717, 1.165) is 5.56 Å². The Balaban J connectivity index is 1.74. The number of benzene rings is 2. The minimum Gasteiger partial charge on any atom is -0.497 e. The summed E-state index contributed by atoms with van der Waals surface area (Å²) in [6, 6.07) is 19.7. The van der Waals surface area contributed by atoms with Crippen LogP contribution in [0.2, 0.25) is 0 Å². The van der Waals surface area contributed by atoms with Gasteiger partial charge in [0.1, 0.15) is 11.6 Å². The van der Waals surface area contributed by atoms with Crippen molar-refractivity contribution in [2.24, 2.45) is 0 Å². The first kappa shape index (κ1) is 20.9. The molecule has 0 bridgehead atoms. The molecule has 2 aromatic heterocycles. The number of anilines is 1. The quantitative estimate of drug-likeness (QED) is 0.473. The number of ether oxygens (including phenoxy) is 3. The normalized spacial score (nSPS) is 10.5. The fourth-order valence-electron chi connectivity index (χ4n) is 3.21. The fraction of sp³-hybridized carbons (Fsp3) is 0.125. The Morgan fingerprint density at radius 2 is 1.72 bits per heavy atom. The van der Waals surface area contributed by atoms with Crippen LogP contribution in [0.15, 0.2) is 72.9 Å². The van der Waals surface area contributed by atoms with Crippen molar-refractivity contribution >= 4 is 11.7 Å². The third kappa shape index (κ3) is 4.24. The summed E-state index contributed by atoms with van der Waals surface area (Å²) >= 11 is 0. The average molecular weight is 430 g/mol. The minimum atomic E-state index is -0.292. The van der Waals surface area contributed by atoms with Crippen LogP contribution in [-0.2, 0) is 0 Å². The molecule has 4 rings (SSSR count). The zero-order valence-corrected chi connectivity index (χ0v) is 17.9. The smallest absolute Gasteiger partial charge is 0.256 e. The number of pyridine rings is 1. The molecule has 0 radical (unpaired) electrons. The fourth-order valence-corrected chi connectivity index (χ4v) is 3.21. The van der Waals surface area contributed by atoms with Crippen LogP contribution in [0.4, 0.5) is 5.82 Å². The van der Waals surface area contributed by atoms with E-state index < -0.39 is 0 Å². The molecule has 2 heterocycles. The van der Waals surface area contributed by atoms with E-state index in [4.69, 9.17) is 14.2 Å². The van der Waals surface area contributed by atoms with Crippen molar-refractivity contribution in [1.82, 2.24) is 14.8 Å². The number of aromatic nitrogens is 3. The molecule has 0 aliphatic rings. The molecule has 2 aromatic carbocycles. The summed E-state index contributed by atoms with van der Waals surface area (Å²) in [6.07, 6.45) is 1.67. The van der Waals surface area contributed by atoms with E-state index >= 15 is 0 Å². The number of carbonyl (C=O) groups excluding carboxylic acids is 1. The molecule has 8 nitrogen and oxygen atoms in total. The first-order chi connectivity index (χ1) is 15.6. The lowest BCUT2D eigenvalue weighted by Crippen LogP contribution is -2.15. The maximum absolute atomic E-state index is 12.9. The molecule has 0 saturated heterocycles. The molecule has 4 aromatic rings. The Morgan fingerprint density at radius 1 is 0.875 bits per heavy atom. The molecular weight excluding hydrogens is 408 g/mol. The Bertz CT molecular complexity index is 1240. The van der Waals surface area contributed by atoms with Crippen LogP contribution in [-0.4, -0.2) is 42.0 Å². The number of hydrogen-bond donors (Lipinski definition) is 1. The molecule has 1 amide bonds. The van der Waals surface area contributed by atoms with Gasteiger partial charge in [-0.05, 0) is 48.5 Å². The van der Waals surface area contributed by atoms with E-state index in [1.165, 1.54) is 0 Å². The van der Waals surface area contributed by atoms with Gasteiger partial charge in [0, 0.05) is 23.4 Å². The van der Waals surface area contributed by atoms with E-state index in [0.29, 0.717) is 40.1 Å². The van der Waals surface area contributed by atoms with Gasteiger partial charge in [-0.25, -0.2) is 4.98 Å². The summed E-state index contributed by atoms with van der Waals surface area (Å²) in [5.41, 5.74) is 1.90. The first-order valence-corrected chi connectivity index (χ1v) is 9.82. The summed E-state index contributed by atoms with van der Waals surface area (Å²) in [5, 5.41) is 7.61. The first-order valence-electron chi connectivity index (χ1n) is 9.82. The summed E-state index contributed by atoms with van der Waals surface area (Å²) in [4.78, 5) is 17.3. The van der Waals surface area contributed by atoms with Crippen LogP contribution >= 0.6 is 0 Å². The number of nitrogens with zero attached hydrogens (tertiary/aromatic N) is 3. The highest BCUT2D eigenvalue weighted by atomic mass is 16.5. The number of amides is 1. The molecule has 0 aliphatic heterocycles. The van der Waals surface area contributed by atoms with Crippen LogP contribution in [0.25, 0.3) is 17.1 Å². The van der Waals surface area contributed by atoms with Crippen molar-refractivity contribution in [2.75, 3.05) is 26.6 Å². The van der Waals surface area contributed by atoms with Gasteiger partial charge in [0.05, 0.1) is 27.0 Å². The molecule has 162 valence electrons. The molecule has 0 atom stereocenters. The van der Waals surface area contributed by atoms with Crippen molar-refractivity contribution in [2.45, 2.75) is 0 Å². The molecule has 32 heavy (non-hydrogen) atoms. The van der Waals surface area contributed by atoms with E-state index in [1.54, 1.807) is 62.5 Å². The molecule has 0 aliphatic carbocycles. The highest BCUT2D eigenvalue weighted by Gasteiger charge is 2.17. The summed E-state index contributed by atoms with van der Waals surface area (Å²) in [5.74, 6) is 2.55. The average Bonchev–Trinajstić information content (AvgIpc) is 3.27. The van der Waals surface area contributed by atoms with Crippen LogP contribution < -0.4 is 19.5 Å². The van der Waals surface area contributed by atoms with Crippen molar-refractivity contribution in [3.8, 4) is 34.3 Å². The monoisotopic (exact) mass is 430 g/mol. The number of carbonyl (C=O) groups is 1. The number of hydrogen-bond acceptors (Lipinski definition) is 6. The van der Waals surface area contributed by atoms with E-state index in [9.17, 15) is 4.79 Å². The van der Waals surface area contributed by atoms with Gasteiger partial charge in [0.25, 0.3) is 5.91 Å². The molecule has 0 saturated carbocycles. The predicted molar refractivity (Wildman–Crippen MR) is 121 cm³/mol. The van der Waals surface area contributed by atoms with Crippen LogP contribution in [0.3, 0.4) is 0 Å². The molecular formula is C24H22N4O4. The van der Waals surface area contributed by atoms with Gasteiger partial charge in [-0.15, -0.1) is 0 Å². The Kier molecular flexibility index (Phi) is 6.03. The van der Waals surface area contributed by atoms with Crippen molar-refractivity contribution in [1.29, 1.82) is 0 Å². The summed E-state index contributed by atoms with van der Waals surface area (Å²) in [7, 11) is 4.72. The number of rotatable bonds is 7. The number of nitrogens with one attached hydrogen (secondary N) is 1. The number of methoxy groups -OCH3 is 3. The topological polar surface area (TPSA) is 87.5 Å². The van der Waals surface area contributed by atoms with Gasteiger partial charge < -0.3 is 19.5 Å². The Labute approximate surface area is 185 Å². The van der Waals surface area contributed by atoms with Gasteiger partial charge in [-0.1, -0.05) is 12.1 Å². The van der Waals surface area contributed by atoms with Crippen LogP contribution in [0.5, 0.6) is 17.2 Å². The largest absolute Gasteiger partial charge is 0.497 e. The SMILES string of the molecule is COc1cccc(C(=O)Nc2cc(-c3ccc(OC)c(OC)c3)nn2-c2ccccn2)c1. The van der Waals surface area contributed by atoms with Crippen molar-refractivity contribution < 1.29 is 19.0 Å². The maximum atomic E-state index is 12.9. The lowest BCUT2D eigenvalue weighted by atomic mass is 10.1. The molecule has 8 heteroatoms. The van der Waals surface area contributed by atoms with Crippen LogP contribution in [0, 0.1) is 0 Å². The van der Waals surface area contributed by atoms with Gasteiger partial charge in [-0.3, -0.25) is 4.79 Å². The van der Waals surface area contributed by atoms with Gasteiger partial charge >= 0.3 is 0 Å². The zero-order chi connectivity index (χ0) is 22.5. The molecule has 0 unspecified atom stereocenters. The highest BCUT2D eigenvalue weighted by Crippen LogP contribution is 2.33. The highest BCUT2D eigenvalue weighted by molar-refractivity contribution is 6.04. The third-order valence-electron chi connectivity index (χ3n) is 4.83. The minimum absolute atomic E-state index is 0.292. The Hall–Kier alpha value is -4.33. The second-order valence-electron chi connectivity index (χ2n) is 6.77. The second kappa shape index (κ2) is 9.22. The second-order valence-corrected chi connectivity index (χ2v) is 6.77. The van der Waals surface area contributed by atoms with Crippen LogP contribution in [0.1, 0.15) is 10.4 Å². The van der Waals surface area contributed by atoms with E-state index in [-0.39, 0.29) is 5.91 Å². The van der Waals surface area contributed by atoms with Gasteiger partial charge in [0.15, 0.2) is 17.3 Å². The molecule has 0 spiro atoms. The predicted octanol–water partition coefficient (Wildman–Crippen LogP) is 4.21. The lowest BCUT2D eigenvalue weighted by molar-refractivity contribution is 0.102. The summed E-state index contributed by atoms with van der Waals surface area (Å²) < 4.78 is 17.5. The Morgan fingerprint density at radius 3 is 2.44 bits per heavy atom. The van der Waals surface area contributed by atoms with E-state index in [1.807, 2.05) is 36.4 Å². The van der Waals surface area contributed by atoms with Gasteiger partial charge in [-0.2, -0.15) is 9.78 Å². The summed E-state index contributed by atoms with van der Waals surface area (Å²) in [6.45, 7) is 0. The maximum Gasteiger partial charge on any atom is 0.256 e. The molecule has 1 N–H and O–H groups in total. The third-order valence-corrected chi connectivity index (χ3v) is 4.83.